The predicted octanol–water partition coefficient (Wildman–Crippen LogP) is 0.776. The lowest BCUT2D eigenvalue weighted by Crippen LogP contribution is -2.19. The van der Waals surface area contributed by atoms with Crippen LogP contribution < -0.4 is 0 Å². The monoisotopic (exact) mass is 132 g/mol. The van der Waals surface area contributed by atoms with Crippen LogP contribution in [0.25, 0.3) is 0 Å². The van der Waals surface area contributed by atoms with E-state index < -0.39 is 0 Å². The van der Waals surface area contributed by atoms with Crippen molar-refractivity contribution >= 4 is 0 Å². The Bertz CT molecular complexity index is 61.9. The van der Waals surface area contributed by atoms with Gasteiger partial charge in [-0.1, -0.05) is 13.3 Å². The summed E-state index contributed by atoms with van der Waals surface area (Å²) in [6, 6.07) is 0. The maximum atomic E-state index is 8.98. The fourth-order valence-corrected chi connectivity index (χ4v) is 0.856. The Morgan fingerprint density at radius 3 is 2.11 bits per heavy atom. The number of rotatable bonds is 4. The fourth-order valence-electron chi connectivity index (χ4n) is 0.856. The molecule has 2 atom stereocenters. The Morgan fingerprint density at radius 2 is 2.00 bits per heavy atom. The van der Waals surface area contributed by atoms with Gasteiger partial charge in [0, 0.05) is 12.5 Å². The second-order valence-electron chi connectivity index (χ2n) is 2.47. The molecule has 2 nitrogen and oxygen atoms in total. The zero-order valence-corrected chi connectivity index (χ0v) is 6.17. The highest BCUT2D eigenvalue weighted by atomic mass is 16.3. The molecule has 2 heteroatoms. The summed E-state index contributed by atoms with van der Waals surface area (Å²) >= 11 is 0. The van der Waals surface area contributed by atoms with E-state index in [0.717, 1.165) is 12.8 Å². The molecule has 0 heterocycles. The van der Waals surface area contributed by atoms with Gasteiger partial charge in [-0.3, -0.25) is 0 Å². The van der Waals surface area contributed by atoms with Crippen molar-refractivity contribution in [1.82, 2.24) is 0 Å². The van der Waals surface area contributed by atoms with Crippen LogP contribution in [0.15, 0.2) is 0 Å². The number of aliphatic hydroxyl groups excluding tert-OH is 2. The van der Waals surface area contributed by atoms with E-state index in [-0.39, 0.29) is 18.6 Å². The molecule has 0 bridgehead atoms. The molecule has 2 N–H and O–H groups in total. The van der Waals surface area contributed by atoms with Crippen molar-refractivity contribution in [2.75, 3.05) is 6.61 Å². The molecule has 0 unspecified atom stereocenters. The summed E-state index contributed by atoms with van der Waals surface area (Å²) in [6.45, 7) is 3.87. The molecule has 0 rings (SSSR count). The van der Waals surface area contributed by atoms with E-state index in [0.29, 0.717) is 0 Å². The largest absolute Gasteiger partial charge is 0.396 e. The highest BCUT2D eigenvalue weighted by Crippen LogP contribution is 2.09. The molecule has 0 aromatic carbocycles. The van der Waals surface area contributed by atoms with Crippen LogP contribution in [0, 0.1) is 5.92 Å². The summed E-state index contributed by atoms with van der Waals surface area (Å²) in [6.07, 6.45) is 1.57. The third-order valence-electron chi connectivity index (χ3n) is 1.58. The van der Waals surface area contributed by atoms with E-state index in [4.69, 9.17) is 10.2 Å². The van der Waals surface area contributed by atoms with Crippen molar-refractivity contribution in [2.45, 2.75) is 32.8 Å². The van der Waals surface area contributed by atoms with Gasteiger partial charge in [0.1, 0.15) is 0 Å². The minimum absolute atomic E-state index is 0.0787. The quantitative estimate of drug-likeness (QED) is 0.593. The highest BCUT2D eigenvalue weighted by Gasteiger charge is 2.11. The first-order valence-corrected chi connectivity index (χ1v) is 3.51. The van der Waals surface area contributed by atoms with Crippen LogP contribution in [0.2, 0.25) is 0 Å². The van der Waals surface area contributed by atoms with E-state index in [9.17, 15) is 0 Å². The Labute approximate surface area is 56.5 Å². The number of hydrogen-bond donors (Lipinski definition) is 2. The first-order chi connectivity index (χ1) is 4.22. The third kappa shape index (κ3) is 3.49. The molecule has 0 radical (unpaired) electrons. The van der Waals surface area contributed by atoms with Gasteiger partial charge in [0.15, 0.2) is 0 Å². The van der Waals surface area contributed by atoms with Crippen molar-refractivity contribution in [3.63, 3.8) is 0 Å². The summed E-state index contributed by atoms with van der Waals surface area (Å²) in [5.74, 6) is 0.0787. The van der Waals surface area contributed by atoms with E-state index in [2.05, 4.69) is 0 Å². The van der Waals surface area contributed by atoms with Gasteiger partial charge in [-0.25, -0.2) is 0 Å². The van der Waals surface area contributed by atoms with Crippen LogP contribution in [0.5, 0.6) is 0 Å². The van der Waals surface area contributed by atoms with Gasteiger partial charge in [-0.15, -0.1) is 0 Å². The average Bonchev–Trinajstić information content (AvgIpc) is 1.82. The summed E-state index contributed by atoms with van der Waals surface area (Å²) < 4.78 is 0. The Morgan fingerprint density at radius 1 is 1.44 bits per heavy atom. The molecule has 0 aromatic rings. The summed E-state index contributed by atoms with van der Waals surface area (Å²) in [5.41, 5.74) is 0. The highest BCUT2D eigenvalue weighted by molar-refractivity contribution is 4.61. The van der Waals surface area contributed by atoms with Crippen molar-refractivity contribution in [1.29, 1.82) is 0 Å². The average molecular weight is 132 g/mol. The molecule has 56 valence electrons. The molecule has 0 aliphatic rings. The molecule has 0 amide bonds. The van der Waals surface area contributed by atoms with Gasteiger partial charge in [0.2, 0.25) is 0 Å². The molecule has 0 saturated carbocycles. The standard InChI is InChI=1S/C7H16O2/c1-3-4-7(5-8)6(2)9/h6-9H,3-5H2,1-2H3/t6-,7-/m1/s1. The van der Waals surface area contributed by atoms with Crippen LogP contribution >= 0.6 is 0 Å². The molecule has 0 aliphatic carbocycles. The maximum absolute atomic E-state index is 8.98. The van der Waals surface area contributed by atoms with Crippen LogP contribution in [-0.4, -0.2) is 22.9 Å². The normalized spacial score (nSPS) is 17.3. The van der Waals surface area contributed by atoms with Gasteiger partial charge in [0.25, 0.3) is 0 Å². The lowest BCUT2D eigenvalue weighted by Gasteiger charge is -2.15. The van der Waals surface area contributed by atoms with E-state index in [1.54, 1.807) is 6.92 Å². The molecule has 0 aromatic heterocycles. The summed E-state index contributed by atoms with van der Waals surface area (Å²) in [4.78, 5) is 0. The first kappa shape index (κ1) is 8.92. The third-order valence-corrected chi connectivity index (χ3v) is 1.58. The molecule has 0 aliphatic heterocycles. The van der Waals surface area contributed by atoms with Gasteiger partial charge in [0.05, 0.1) is 6.10 Å². The predicted molar refractivity (Wildman–Crippen MR) is 37.2 cm³/mol. The van der Waals surface area contributed by atoms with Gasteiger partial charge >= 0.3 is 0 Å². The molecule has 0 fully saturated rings. The van der Waals surface area contributed by atoms with Crippen molar-refractivity contribution in [3.05, 3.63) is 0 Å². The zero-order chi connectivity index (χ0) is 7.28. The second-order valence-corrected chi connectivity index (χ2v) is 2.47. The summed E-state index contributed by atoms with van der Waals surface area (Å²) in [5, 5.41) is 17.7. The minimum Gasteiger partial charge on any atom is -0.396 e. The second kappa shape index (κ2) is 4.77. The SMILES string of the molecule is CCC[C@H](CO)[C@@H](C)O. The minimum atomic E-state index is -0.366. The summed E-state index contributed by atoms with van der Waals surface area (Å²) in [7, 11) is 0. The smallest absolute Gasteiger partial charge is 0.0562 e. The zero-order valence-electron chi connectivity index (χ0n) is 6.17. The lowest BCUT2D eigenvalue weighted by molar-refractivity contribution is 0.0753. The fraction of sp³-hybridized carbons (Fsp3) is 1.00. The maximum Gasteiger partial charge on any atom is 0.0562 e. The number of aliphatic hydroxyl groups is 2. The van der Waals surface area contributed by atoms with Crippen LogP contribution in [0.1, 0.15) is 26.7 Å². The lowest BCUT2D eigenvalue weighted by atomic mass is 10.00. The van der Waals surface area contributed by atoms with Crippen LogP contribution in [0.3, 0.4) is 0 Å². The van der Waals surface area contributed by atoms with Crippen molar-refractivity contribution in [3.8, 4) is 0 Å². The topological polar surface area (TPSA) is 40.5 Å². The molecule has 9 heavy (non-hydrogen) atoms. The van der Waals surface area contributed by atoms with Crippen molar-refractivity contribution in [2.24, 2.45) is 5.92 Å². The Kier molecular flexibility index (Phi) is 4.72. The van der Waals surface area contributed by atoms with Crippen molar-refractivity contribution < 1.29 is 10.2 Å². The van der Waals surface area contributed by atoms with Gasteiger partial charge < -0.3 is 10.2 Å². The molecular weight excluding hydrogens is 116 g/mol. The van der Waals surface area contributed by atoms with Gasteiger partial charge in [-0.2, -0.15) is 0 Å². The Hall–Kier alpha value is -0.0800. The number of hydrogen-bond acceptors (Lipinski definition) is 2. The van der Waals surface area contributed by atoms with Gasteiger partial charge in [-0.05, 0) is 13.3 Å². The van der Waals surface area contributed by atoms with Crippen LogP contribution in [-0.2, 0) is 0 Å². The Balaban J connectivity index is 3.41. The molecular formula is C7H16O2. The molecule has 0 spiro atoms. The van der Waals surface area contributed by atoms with E-state index in [1.807, 2.05) is 6.92 Å². The first-order valence-electron chi connectivity index (χ1n) is 3.51. The van der Waals surface area contributed by atoms with Crippen LogP contribution in [0.4, 0.5) is 0 Å². The van der Waals surface area contributed by atoms with E-state index in [1.165, 1.54) is 0 Å². The molecule has 0 saturated heterocycles. The van der Waals surface area contributed by atoms with E-state index >= 15 is 0 Å².